The van der Waals surface area contributed by atoms with Crippen molar-refractivity contribution in [3.8, 4) is 0 Å². The van der Waals surface area contributed by atoms with Gasteiger partial charge in [-0.3, -0.25) is 4.90 Å². The minimum absolute atomic E-state index is 0. The lowest BCUT2D eigenvalue weighted by molar-refractivity contribution is 0.0341. The second kappa shape index (κ2) is 14.5. The van der Waals surface area contributed by atoms with Crippen LogP contribution in [-0.4, -0.2) is 62.7 Å². The number of aliphatic imine (C=N–C) groups is 1. The second-order valence-electron chi connectivity index (χ2n) is 8.21. The summed E-state index contributed by atoms with van der Waals surface area (Å²) >= 11 is 0. The molecule has 1 fully saturated rings. The maximum atomic E-state index is 5.48. The first-order valence-electron chi connectivity index (χ1n) is 11.3. The van der Waals surface area contributed by atoms with Gasteiger partial charge in [-0.2, -0.15) is 0 Å². The molecule has 1 aliphatic heterocycles. The van der Waals surface area contributed by atoms with E-state index in [0.29, 0.717) is 6.54 Å². The first-order chi connectivity index (χ1) is 15.2. The molecule has 6 nitrogen and oxygen atoms in total. The van der Waals surface area contributed by atoms with E-state index in [2.05, 4.69) is 90.0 Å². The molecular formula is C25H38IN5O. The van der Waals surface area contributed by atoms with Crippen molar-refractivity contribution in [3.05, 3.63) is 70.8 Å². The zero-order valence-electron chi connectivity index (χ0n) is 19.6. The van der Waals surface area contributed by atoms with E-state index in [1.807, 2.05) is 0 Å². The second-order valence-corrected chi connectivity index (χ2v) is 8.21. The number of halogens is 1. The molecule has 3 rings (SSSR count). The summed E-state index contributed by atoms with van der Waals surface area (Å²) in [5.41, 5.74) is 5.26. The molecule has 1 aliphatic rings. The number of benzene rings is 2. The predicted octanol–water partition coefficient (Wildman–Crippen LogP) is 3.45. The van der Waals surface area contributed by atoms with Gasteiger partial charge in [-0.15, -0.1) is 24.0 Å². The number of morpholine rings is 1. The van der Waals surface area contributed by atoms with Crippen LogP contribution < -0.4 is 10.6 Å². The van der Waals surface area contributed by atoms with Crippen LogP contribution in [0.2, 0.25) is 0 Å². The lowest BCUT2D eigenvalue weighted by atomic mass is 10.1. The van der Waals surface area contributed by atoms with Crippen molar-refractivity contribution in [2.45, 2.75) is 33.1 Å². The summed E-state index contributed by atoms with van der Waals surface area (Å²) < 4.78 is 5.48. The third kappa shape index (κ3) is 8.69. The Balaban J connectivity index is 0.00000363. The SMILES string of the molecule is CCNC(=NCc1ccccc1CN1CCOCC1)NCc1ccccc1CN(C)C.I. The summed E-state index contributed by atoms with van der Waals surface area (Å²) in [6.07, 6.45) is 0. The molecule has 1 heterocycles. The first kappa shape index (κ1) is 26.6. The fraction of sp³-hybridized carbons (Fsp3) is 0.480. The number of nitrogens with zero attached hydrogens (tertiary/aromatic N) is 3. The van der Waals surface area contributed by atoms with Crippen molar-refractivity contribution in [2.24, 2.45) is 4.99 Å². The van der Waals surface area contributed by atoms with Gasteiger partial charge in [0.2, 0.25) is 0 Å². The van der Waals surface area contributed by atoms with Gasteiger partial charge < -0.3 is 20.3 Å². The van der Waals surface area contributed by atoms with E-state index in [9.17, 15) is 0 Å². The van der Waals surface area contributed by atoms with Crippen LogP contribution >= 0.6 is 24.0 Å². The summed E-state index contributed by atoms with van der Waals surface area (Å²) in [5, 5.41) is 6.90. The fourth-order valence-electron chi connectivity index (χ4n) is 3.78. The molecule has 7 heteroatoms. The summed E-state index contributed by atoms with van der Waals surface area (Å²) in [4.78, 5) is 9.54. The molecule has 1 saturated heterocycles. The summed E-state index contributed by atoms with van der Waals surface area (Å²) in [6, 6.07) is 17.2. The van der Waals surface area contributed by atoms with Gasteiger partial charge in [0, 0.05) is 39.3 Å². The molecule has 0 aromatic heterocycles. The molecule has 176 valence electrons. The molecule has 0 spiro atoms. The average Bonchev–Trinajstić information content (AvgIpc) is 2.78. The van der Waals surface area contributed by atoms with Gasteiger partial charge in [-0.1, -0.05) is 48.5 Å². The molecular weight excluding hydrogens is 513 g/mol. The molecule has 0 amide bonds. The third-order valence-electron chi connectivity index (χ3n) is 5.42. The van der Waals surface area contributed by atoms with Gasteiger partial charge in [0.1, 0.15) is 0 Å². The van der Waals surface area contributed by atoms with Crippen LogP contribution in [0.5, 0.6) is 0 Å². The minimum atomic E-state index is 0. The van der Waals surface area contributed by atoms with Gasteiger partial charge in [0.05, 0.1) is 19.8 Å². The van der Waals surface area contributed by atoms with Crippen molar-refractivity contribution < 1.29 is 4.74 Å². The van der Waals surface area contributed by atoms with E-state index < -0.39 is 0 Å². The molecule has 2 N–H and O–H groups in total. The van der Waals surface area contributed by atoms with Gasteiger partial charge in [-0.25, -0.2) is 4.99 Å². The van der Waals surface area contributed by atoms with E-state index in [-0.39, 0.29) is 24.0 Å². The number of nitrogens with one attached hydrogen (secondary N) is 2. The zero-order chi connectivity index (χ0) is 21.9. The Hall–Kier alpha value is -1.68. The van der Waals surface area contributed by atoms with Crippen molar-refractivity contribution in [1.82, 2.24) is 20.4 Å². The fourth-order valence-corrected chi connectivity index (χ4v) is 3.78. The quantitative estimate of drug-likeness (QED) is 0.284. The first-order valence-corrected chi connectivity index (χ1v) is 11.3. The number of hydrogen-bond donors (Lipinski definition) is 2. The molecule has 32 heavy (non-hydrogen) atoms. The van der Waals surface area contributed by atoms with Gasteiger partial charge in [0.15, 0.2) is 5.96 Å². The topological polar surface area (TPSA) is 52.1 Å². The van der Waals surface area contributed by atoms with Gasteiger partial charge >= 0.3 is 0 Å². The zero-order valence-corrected chi connectivity index (χ0v) is 22.0. The minimum Gasteiger partial charge on any atom is -0.379 e. The summed E-state index contributed by atoms with van der Waals surface area (Å²) in [7, 11) is 4.20. The Labute approximate surface area is 210 Å². The Morgan fingerprint density at radius 2 is 1.56 bits per heavy atom. The molecule has 0 saturated carbocycles. The normalized spacial score (nSPS) is 14.8. The third-order valence-corrected chi connectivity index (χ3v) is 5.42. The molecule has 2 aromatic rings. The summed E-state index contributed by atoms with van der Waals surface area (Å²) in [5.74, 6) is 0.850. The Morgan fingerprint density at radius 3 is 2.22 bits per heavy atom. The van der Waals surface area contributed by atoms with Crippen molar-refractivity contribution in [3.63, 3.8) is 0 Å². The van der Waals surface area contributed by atoms with Crippen LogP contribution in [-0.2, 0) is 30.9 Å². The predicted molar refractivity (Wildman–Crippen MR) is 143 cm³/mol. The van der Waals surface area contributed by atoms with E-state index in [1.54, 1.807) is 0 Å². The highest BCUT2D eigenvalue weighted by molar-refractivity contribution is 14.0. The standard InChI is InChI=1S/C25H37N5O.HI/c1-4-26-25(27-17-21-9-5-7-11-23(21)19-29(2)3)28-18-22-10-6-8-12-24(22)20-30-13-15-31-16-14-30;/h5-12H,4,13-20H2,1-3H3,(H2,26,27,28);1H. The van der Waals surface area contributed by atoms with E-state index >= 15 is 0 Å². The van der Waals surface area contributed by atoms with Crippen molar-refractivity contribution >= 4 is 29.9 Å². The van der Waals surface area contributed by atoms with Crippen molar-refractivity contribution in [2.75, 3.05) is 46.9 Å². The van der Waals surface area contributed by atoms with Crippen LogP contribution in [0.3, 0.4) is 0 Å². The molecule has 0 unspecified atom stereocenters. The Bertz CT molecular complexity index is 837. The van der Waals surface area contributed by atoms with E-state index in [0.717, 1.165) is 58.4 Å². The average molecular weight is 552 g/mol. The number of rotatable bonds is 9. The molecule has 2 aromatic carbocycles. The van der Waals surface area contributed by atoms with Crippen LogP contribution in [0.15, 0.2) is 53.5 Å². The highest BCUT2D eigenvalue weighted by atomic mass is 127. The molecule has 0 atom stereocenters. The molecule has 0 bridgehead atoms. The highest BCUT2D eigenvalue weighted by Crippen LogP contribution is 2.14. The lowest BCUT2D eigenvalue weighted by Crippen LogP contribution is -2.37. The monoisotopic (exact) mass is 551 g/mol. The maximum absolute atomic E-state index is 5.48. The van der Waals surface area contributed by atoms with E-state index in [1.165, 1.54) is 22.3 Å². The number of guanidine groups is 1. The number of ether oxygens (including phenoxy) is 1. The maximum Gasteiger partial charge on any atom is 0.191 e. The van der Waals surface area contributed by atoms with Gasteiger partial charge in [0.25, 0.3) is 0 Å². The van der Waals surface area contributed by atoms with Crippen LogP contribution in [0.4, 0.5) is 0 Å². The Kier molecular flexibility index (Phi) is 12.0. The highest BCUT2D eigenvalue weighted by Gasteiger charge is 2.12. The molecule has 0 aliphatic carbocycles. The largest absolute Gasteiger partial charge is 0.379 e. The van der Waals surface area contributed by atoms with E-state index in [4.69, 9.17) is 9.73 Å². The lowest BCUT2D eigenvalue weighted by Gasteiger charge is -2.27. The Morgan fingerprint density at radius 1 is 0.938 bits per heavy atom. The van der Waals surface area contributed by atoms with Crippen molar-refractivity contribution in [1.29, 1.82) is 0 Å². The summed E-state index contributed by atoms with van der Waals surface area (Å²) in [6.45, 7) is 9.87. The van der Waals surface area contributed by atoms with Gasteiger partial charge in [-0.05, 0) is 43.3 Å². The smallest absolute Gasteiger partial charge is 0.191 e. The van der Waals surface area contributed by atoms with Crippen LogP contribution in [0.25, 0.3) is 0 Å². The molecule has 0 radical (unpaired) electrons. The van der Waals surface area contributed by atoms with Crippen LogP contribution in [0.1, 0.15) is 29.2 Å². The number of hydrogen-bond acceptors (Lipinski definition) is 4. The van der Waals surface area contributed by atoms with Crippen LogP contribution in [0, 0.1) is 0 Å².